The van der Waals surface area contributed by atoms with Gasteiger partial charge in [-0.1, -0.05) is 23.7 Å². The third-order valence-corrected chi connectivity index (χ3v) is 5.23. The molecule has 0 saturated carbocycles. The molecule has 2 fully saturated rings. The molecule has 2 heterocycles. The Morgan fingerprint density at radius 1 is 1.27 bits per heavy atom. The second-order valence-electron chi connectivity index (χ2n) is 7.07. The second kappa shape index (κ2) is 8.84. The predicted octanol–water partition coefficient (Wildman–Crippen LogP) is 1.89. The first-order valence-corrected chi connectivity index (χ1v) is 9.54. The molecule has 0 radical (unpaired) electrons. The van der Waals surface area contributed by atoms with E-state index < -0.39 is 0 Å². The highest BCUT2D eigenvalue weighted by atomic mass is 35.5. The van der Waals surface area contributed by atoms with Gasteiger partial charge < -0.3 is 15.4 Å². The van der Waals surface area contributed by atoms with Gasteiger partial charge in [-0.3, -0.25) is 14.5 Å². The first kappa shape index (κ1) is 19.1. The molecule has 3 unspecified atom stereocenters. The molecule has 3 rings (SSSR count). The molecule has 0 aromatic heterocycles. The highest BCUT2D eigenvalue weighted by Crippen LogP contribution is 2.30. The van der Waals surface area contributed by atoms with Crippen molar-refractivity contribution in [3.8, 4) is 0 Å². The average molecular weight is 380 g/mol. The molecular formula is C19H26ClN3O3. The Bertz CT molecular complexity index is 637. The van der Waals surface area contributed by atoms with Gasteiger partial charge in [-0.15, -0.1) is 0 Å². The van der Waals surface area contributed by atoms with Crippen LogP contribution in [0.5, 0.6) is 0 Å². The number of rotatable bonds is 6. The van der Waals surface area contributed by atoms with E-state index in [4.69, 9.17) is 16.3 Å². The number of benzene rings is 1. The van der Waals surface area contributed by atoms with Crippen LogP contribution in [0.4, 0.5) is 0 Å². The summed E-state index contributed by atoms with van der Waals surface area (Å²) in [5.74, 6) is -0.0105. The van der Waals surface area contributed by atoms with E-state index in [1.165, 1.54) is 6.92 Å². The zero-order chi connectivity index (χ0) is 18.5. The Morgan fingerprint density at radius 3 is 2.77 bits per heavy atom. The largest absolute Gasteiger partial charge is 0.371 e. The zero-order valence-electron chi connectivity index (χ0n) is 15.0. The van der Waals surface area contributed by atoms with E-state index in [0.29, 0.717) is 32.0 Å². The lowest BCUT2D eigenvalue weighted by atomic mass is 10.1. The molecule has 2 aliphatic heterocycles. The molecule has 2 amide bonds. The normalized spacial score (nSPS) is 25.5. The number of ether oxygens (including phenoxy) is 1. The van der Waals surface area contributed by atoms with Crippen LogP contribution in [0, 0.1) is 0 Å². The maximum absolute atomic E-state index is 12.1. The van der Waals surface area contributed by atoms with Crippen LogP contribution in [0.25, 0.3) is 0 Å². The van der Waals surface area contributed by atoms with Crippen LogP contribution in [0.1, 0.15) is 37.9 Å². The summed E-state index contributed by atoms with van der Waals surface area (Å²) >= 11 is 5.96. The smallest absolute Gasteiger partial charge is 0.220 e. The van der Waals surface area contributed by atoms with E-state index in [1.54, 1.807) is 0 Å². The number of nitrogens with one attached hydrogen (secondary N) is 2. The molecule has 0 bridgehead atoms. The van der Waals surface area contributed by atoms with E-state index in [0.717, 1.165) is 30.1 Å². The third-order valence-electron chi connectivity index (χ3n) is 4.98. The second-order valence-corrected chi connectivity index (χ2v) is 7.50. The van der Waals surface area contributed by atoms with Crippen molar-refractivity contribution in [2.24, 2.45) is 0 Å². The van der Waals surface area contributed by atoms with Crippen LogP contribution in [-0.4, -0.2) is 55.0 Å². The minimum Gasteiger partial charge on any atom is -0.371 e. The third kappa shape index (κ3) is 5.19. The summed E-state index contributed by atoms with van der Waals surface area (Å²) in [6, 6.07) is 8.33. The fourth-order valence-corrected chi connectivity index (χ4v) is 3.80. The first-order chi connectivity index (χ1) is 12.5. The van der Waals surface area contributed by atoms with Crippen LogP contribution in [-0.2, 0) is 14.3 Å². The quantitative estimate of drug-likeness (QED) is 0.740. The number of hydrogen-bond acceptors (Lipinski definition) is 4. The Morgan fingerprint density at radius 2 is 2.04 bits per heavy atom. The van der Waals surface area contributed by atoms with E-state index in [9.17, 15) is 9.59 Å². The molecule has 3 atom stereocenters. The summed E-state index contributed by atoms with van der Waals surface area (Å²) in [6.07, 6.45) is 2.07. The SMILES string of the molecule is CC(=O)NCCCC(=O)NC1CC2COC(c3ccc(Cl)cc3)CN2C1. The summed E-state index contributed by atoms with van der Waals surface area (Å²) in [5, 5.41) is 6.55. The standard InChI is InChI=1S/C19H26ClN3O3/c1-13(24)21-8-2-3-19(25)22-16-9-17-12-26-18(11-23(17)10-16)14-4-6-15(20)7-5-14/h4-7,16-18H,2-3,8-12H2,1H3,(H,21,24)(H,22,25). The zero-order valence-corrected chi connectivity index (χ0v) is 15.8. The summed E-state index contributed by atoms with van der Waals surface area (Å²) in [5.41, 5.74) is 1.14. The van der Waals surface area contributed by atoms with Crippen LogP contribution in [0.15, 0.2) is 24.3 Å². The molecule has 2 saturated heterocycles. The van der Waals surface area contributed by atoms with Gasteiger partial charge in [-0.2, -0.15) is 0 Å². The van der Waals surface area contributed by atoms with Gasteiger partial charge in [0.1, 0.15) is 0 Å². The lowest BCUT2D eigenvalue weighted by molar-refractivity contribution is -0.122. The van der Waals surface area contributed by atoms with Crippen LogP contribution in [0.3, 0.4) is 0 Å². The number of morpholine rings is 1. The lowest BCUT2D eigenvalue weighted by Crippen LogP contribution is -2.43. The Balaban J connectivity index is 1.43. The maximum Gasteiger partial charge on any atom is 0.220 e. The monoisotopic (exact) mass is 379 g/mol. The van der Waals surface area contributed by atoms with Crippen LogP contribution < -0.4 is 10.6 Å². The van der Waals surface area contributed by atoms with Gasteiger partial charge in [-0.25, -0.2) is 0 Å². The Kier molecular flexibility index (Phi) is 6.51. The minimum atomic E-state index is -0.0617. The number of halogens is 1. The Labute approximate surface area is 159 Å². The highest BCUT2D eigenvalue weighted by molar-refractivity contribution is 6.30. The number of hydrogen-bond donors (Lipinski definition) is 2. The van der Waals surface area contributed by atoms with Gasteiger partial charge in [0.25, 0.3) is 0 Å². The molecule has 7 heteroatoms. The van der Waals surface area contributed by atoms with E-state index in [-0.39, 0.29) is 24.0 Å². The van der Waals surface area contributed by atoms with E-state index in [2.05, 4.69) is 15.5 Å². The topological polar surface area (TPSA) is 70.7 Å². The Hall–Kier alpha value is -1.63. The fourth-order valence-electron chi connectivity index (χ4n) is 3.67. The lowest BCUT2D eigenvalue weighted by Gasteiger charge is -2.35. The molecule has 6 nitrogen and oxygen atoms in total. The summed E-state index contributed by atoms with van der Waals surface area (Å²) in [4.78, 5) is 25.3. The van der Waals surface area contributed by atoms with Gasteiger partial charge in [0.15, 0.2) is 0 Å². The molecule has 0 aliphatic carbocycles. The first-order valence-electron chi connectivity index (χ1n) is 9.16. The number of carbonyl (C=O) groups is 2. The number of carbonyl (C=O) groups excluding carboxylic acids is 2. The van der Waals surface area contributed by atoms with Crippen LogP contribution in [0.2, 0.25) is 5.02 Å². The average Bonchev–Trinajstić information content (AvgIpc) is 3.00. The highest BCUT2D eigenvalue weighted by Gasteiger charge is 2.38. The van der Waals surface area contributed by atoms with E-state index >= 15 is 0 Å². The molecular weight excluding hydrogens is 354 g/mol. The predicted molar refractivity (Wildman–Crippen MR) is 100.0 cm³/mol. The number of fused-ring (bicyclic) bond motifs is 1. The molecule has 2 aliphatic rings. The van der Waals surface area contributed by atoms with E-state index in [1.807, 2.05) is 24.3 Å². The summed E-state index contributed by atoms with van der Waals surface area (Å²) < 4.78 is 6.04. The molecule has 2 N–H and O–H groups in total. The minimum absolute atomic E-state index is 0.0513. The molecule has 142 valence electrons. The molecule has 1 aromatic carbocycles. The van der Waals surface area contributed by atoms with Gasteiger partial charge >= 0.3 is 0 Å². The van der Waals surface area contributed by atoms with Gasteiger partial charge in [0.05, 0.1) is 12.7 Å². The molecule has 1 aromatic rings. The summed E-state index contributed by atoms with van der Waals surface area (Å²) in [6.45, 7) is 4.39. The van der Waals surface area contributed by atoms with Gasteiger partial charge in [0, 0.05) is 50.1 Å². The molecule has 0 spiro atoms. The number of nitrogens with zero attached hydrogens (tertiary/aromatic N) is 1. The van der Waals surface area contributed by atoms with Crippen molar-refractivity contribution < 1.29 is 14.3 Å². The van der Waals surface area contributed by atoms with Crippen molar-refractivity contribution in [1.29, 1.82) is 0 Å². The van der Waals surface area contributed by atoms with Gasteiger partial charge in [-0.05, 0) is 30.5 Å². The number of amides is 2. The van der Waals surface area contributed by atoms with Gasteiger partial charge in [0.2, 0.25) is 11.8 Å². The van der Waals surface area contributed by atoms with Crippen molar-refractivity contribution in [1.82, 2.24) is 15.5 Å². The molecule has 26 heavy (non-hydrogen) atoms. The van der Waals surface area contributed by atoms with Crippen molar-refractivity contribution >= 4 is 23.4 Å². The van der Waals surface area contributed by atoms with Crippen molar-refractivity contribution in [2.75, 3.05) is 26.2 Å². The summed E-state index contributed by atoms with van der Waals surface area (Å²) in [7, 11) is 0. The fraction of sp³-hybridized carbons (Fsp3) is 0.579. The van der Waals surface area contributed by atoms with Crippen molar-refractivity contribution in [3.63, 3.8) is 0 Å². The van der Waals surface area contributed by atoms with Crippen molar-refractivity contribution in [3.05, 3.63) is 34.9 Å². The van der Waals surface area contributed by atoms with Crippen molar-refractivity contribution in [2.45, 2.75) is 44.4 Å². The van der Waals surface area contributed by atoms with Crippen LogP contribution >= 0.6 is 11.6 Å². The maximum atomic E-state index is 12.1.